The number of hydrogen-bond donors (Lipinski definition) is 2. The number of aliphatic hydroxyl groups is 1. The van der Waals surface area contributed by atoms with E-state index in [-0.39, 0.29) is 18.1 Å². The van der Waals surface area contributed by atoms with Gasteiger partial charge in [0.2, 0.25) is 5.76 Å². The van der Waals surface area contributed by atoms with Gasteiger partial charge in [-0.25, -0.2) is 4.79 Å². The molecule has 0 radical (unpaired) electrons. The van der Waals surface area contributed by atoms with Crippen LogP contribution >= 0.6 is 0 Å². The van der Waals surface area contributed by atoms with Crippen molar-refractivity contribution in [3.63, 3.8) is 0 Å². The molecule has 1 aromatic heterocycles. The number of carbonyl (C=O) groups is 1. The van der Waals surface area contributed by atoms with Gasteiger partial charge in [-0.05, 0) is 12.1 Å². The lowest BCUT2D eigenvalue weighted by atomic mass is 10.3. The van der Waals surface area contributed by atoms with E-state index >= 15 is 0 Å². The second-order valence-electron chi connectivity index (χ2n) is 3.45. The molecule has 0 aromatic carbocycles. The van der Waals surface area contributed by atoms with Gasteiger partial charge in [-0.1, -0.05) is 0 Å². The van der Waals surface area contributed by atoms with Crippen molar-refractivity contribution in [3.05, 3.63) is 23.7 Å². The van der Waals surface area contributed by atoms with Crippen LogP contribution in [-0.4, -0.2) is 37.0 Å². The predicted octanol–water partition coefficient (Wildman–Crippen LogP) is 1.08. The first kappa shape index (κ1) is 14.5. The van der Waals surface area contributed by atoms with Crippen LogP contribution in [0.1, 0.15) is 16.3 Å². The third kappa shape index (κ3) is 4.04. The topological polar surface area (TPSA) is 71.7 Å². The van der Waals surface area contributed by atoms with Gasteiger partial charge >= 0.3 is 12.1 Å². The molecule has 0 aliphatic heterocycles. The molecule has 0 bridgehead atoms. The number of carbonyl (C=O) groups excluding carboxylic acids is 1. The van der Waals surface area contributed by atoms with E-state index in [1.54, 1.807) is 0 Å². The summed E-state index contributed by atoms with van der Waals surface area (Å²) >= 11 is 0. The zero-order valence-electron chi connectivity index (χ0n) is 9.45. The minimum atomic E-state index is -4.66. The Bertz CT molecular complexity index is 402. The van der Waals surface area contributed by atoms with Gasteiger partial charge in [0.15, 0.2) is 6.10 Å². The summed E-state index contributed by atoms with van der Waals surface area (Å²) in [6, 6.07) is 2.78. The second-order valence-corrected chi connectivity index (χ2v) is 3.45. The van der Waals surface area contributed by atoms with E-state index in [0.717, 1.165) is 0 Å². The molecular formula is C10H12F3NO4. The highest BCUT2D eigenvalue weighted by Crippen LogP contribution is 2.19. The van der Waals surface area contributed by atoms with Gasteiger partial charge in [0.05, 0.1) is 13.7 Å². The van der Waals surface area contributed by atoms with Crippen LogP contribution in [0.2, 0.25) is 0 Å². The Morgan fingerprint density at radius 3 is 2.78 bits per heavy atom. The summed E-state index contributed by atoms with van der Waals surface area (Å²) in [7, 11) is 1.18. The van der Waals surface area contributed by atoms with Crippen molar-refractivity contribution in [2.24, 2.45) is 0 Å². The molecular weight excluding hydrogens is 255 g/mol. The molecule has 1 heterocycles. The van der Waals surface area contributed by atoms with Crippen molar-refractivity contribution in [1.29, 1.82) is 0 Å². The van der Waals surface area contributed by atoms with Crippen molar-refractivity contribution in [2.45, 2.75) is 18.8 Å². The van der Waals surface area contributed by atoms with E-state index in [1.807, 2.05) is 0 Å². The summed E-state index contributed by atoms with van der Waals surface area (Å²) in [4.78, 5) is 11.0. The fourth-order valence-corrected chi connectivity index (χ4v) is 1.13. The van der Waals surface area contributed by atoms with Crippen molar-refractivity contribution < 1.29 is 32.2 Å². The predicted molar refractivity (Wildman–Crippen MR) is 53.8 cm³/mol. The maximum absolute atomic E-state index is 12.0. The highest BCUT2D eigenvalue weighted by atomic mass is 19.4. The third-order valence-corrected chi connectivity index (χ3v) is 2.06. The molecule has 1 rings (SSSR count). The first-order valence-corrected chi connectivity index (χ1v) is 4.97. The van der Waals surface area contributed by atoms with Crippen LogP contribution in [-0.2, 0) is 11.3 Å². The lowest BCUT2D eigenvalue weighted by Gasteiger charge is -2.14. The van der Waals surface area contributed by atoms with Gasteiger partial charge < -0.3 is 19.6 Å². The molecule has 2 N–H and O–H groups in total. The molecule has 1 unspecified atom stereocenters. The fourth-order valence-electron chi connectivity index (χ4n) is 1.13. The maximum Gasteiger partial charge on any atom is 0.415 e. The number of esters is 1. The number of nitrogens with one attached hydrogen (secondary N) is 1. The number of halogens is 3. The summed E-state index contributed by atoms with van der Waals surface area (Å²) in [5, 5.41) is 11.1. The lowest BCUT2D eigenvalue weighted by molar-refractivity contribution is -0.201. The normalized spacial score (nSPS) is 13.4. The molecule has 0 spiro atoms. The molecule has 1 aromatic rings. The Hall–Kier alpha value is -1.54. The smallest absolute Gasteiger partial charge is 0.415 e. The van der Waals surface area contributed by atoms with Crippen LogP contribution in [0.15, 0.2) is 16.5 Å². The molecule has 0 saturated heterocycles. The van der Waals surface area contributed by atoms with E-state index in [4.69, 9.17) is 9.52 Å². The highest BCUT2D eigenvalue weighted by molar-refractivity contribution is 5.86. The summed E-state index contributed by atoms with van der Waals surface area (Å²) in [5.41, 5.74) is 0. The first-order chi connectivity index (χ1) is 8.34. The number of aliphatic hydroxyl groups excluding tert-OH is 1. The van der Waals surface area contributed by atoms with Gasteiger partial charge in [0.1, 0.15) is 5.76 Å². The summed E-state index contributed by atoms with van der Waals surface area (Å²) in [6.45, 7) is -0.693. The minimum Gasteiger partial charge on any atom is -0.463 e. The van der Waals surface area contributed by atoms with E-state index in [1.165, 1.54) is 19.2 Å². The maximum atomic E-state index is 12.0. The van der Waals surface area contributed by atoms with Crippen LogP contribution in [0.5, 0.6) is 0 Å². The monoisotopic (exact) mass is 267 g/mol. The number of furan rings is 1. The fraction of sp³-hybridized carbons (Fsp3) is 0.500. The van der Waals surface area contributed by atoms with Crippen LogP contribution in [0.25, 0.3) is 0 Å². The van der Waals surface area contributed by atoms with Gasteiger partial charge in [0.25, 0.3) is 0 Å². The lowest BCUT2D eigenvalue weighted by Crippen LogP contribution is -2.38. The standard InChI is InChI=1S/C10H12F3NO4/c1-17-9(16)7-3-2-6(18-7)4-14-5-8(15)10(11,12)13/h2-3,8,14-15H,4-5H2,1H3. The minimum absolute atomic E-state index is 0.0364. The van der Waals surface area contributed by atoms with E-state index in [9.17, 15) is 18.0 Å². The highest BCUT2D eigenvalue weighted by Gasteiger charge is 2.37. The van der Waals surface area contributed by atoms with Crippen LogP contribution in [0.4, 0.5) is 13.2 Å². The zero-order chi connectivity index (χ0) is 13.8. The van der Waals surface area contributed by atoms with E-state index in [2.05, 4.69) is 10.1 Å². The Kier molecular flexibility index (Phi) is 4.74. The Morgan fingerprint density at radius 1 is 1.56 bits per heavy atom. The molecule has 8 heteroatoms. The van der Waals surface area contributed by atoms with Crippen molar-refractivity contribution in [2.75, 3.05) is 13.7 Å². The third-order valence-electron chi connectivity index (χ3n) is 2.06. The SMILES string of the molecule is COC(=O)c1ccc(CNCC(O)C(F)(F)F)o1. The number of ether oxygens (including phenoxy) is 1. The average molecular weight is 267 g/mol. The molecule has 0 amide bonds. The molecule has 0 aliphatic rings. The molecule has 5 nitrogen and oxygen atoms in total. The molecule has 0 saturated carbocycles. The van der Waals surface area contributed by atoms with Crippen LogP contribution in [0.3, 0.4) is 0 Å². The van der Waals surface area contributed by atoms with E-state index < -0.39 is 24.8 Å². The average Bonchev–Trinajstić information content (AvgIpc) is 2.75. The second kappa shape index (κ2) is 5.87. The molecule has 0 fully saturated rings. The van der Waals surface area contributed by atoms with Crippen LogP contribution in [0, 0.1) is 0 Å². The number of methoxy groups -OCH3 is 1. The Labute approximate surface area is 101 Å². The summed E-state index contributed by atoms with van der Waals surface area (Å²) in [5.74, 6) is -0.438. The largest absolute Gasteiger partial charge is 0.463 e. The first-order valence-electron chi connectivity index (χ1n) is 4.97. The van der Waals surface area contributed by atoms with Gasteiger partial charge in [-0.3, -0.25) is 0 Å². The van der Waals surface area contributed by atoms with E-state index in [0.29, 0.717) is 0 Å². The summed E-state index contributed by atoms with van der Waals surface area (Å²) in [6.07, 6.45) is -7.10. The molecule has 0 aliphatic carbocycles. The summed E-state index contributed by atoms with van der Waals surface area (Å²) < 4.78 is 45.3. The van der Waals surface area contributed by atoms with Crippen molar-refractivity contribution in [1.82, 2.24) is 5.32 Å². The Morgan fingerprint density at radius 2 is 2.22 bits per heavy atom. The molecule has 1 atom stereocenters. The number of alkyl halides is 3. The van der Waals surface area contributed by atoms with Crippen molar-refractivity contribution in [3.8, 4) is 0 Å². The van der Waals surface area contributed by atoms with Gasteiger partial charge in [-0.15, -0.1) is 0 Å². The number of hydrogen-bond acceptors (Lipinski definition) is 5. The van der Waals surface area contributed by atoms with Crippen LogP contribution < -0.4 is 5.32 Å². The quantitative estimate of drug-likeness (QED) is 0.781. The zero-order valence-corrected chi connectivity index (χ0v) is 9.45. The Balaban J connectivity index is 2.41. The van der Waals surface area contributed by atoms with Crippen molar-refractivity contribution >= 4 is 5.97 Å². The molecule has 102 valence electrons. The molecule has 18 heavy (non-hydrogen) atoms. The number of rotatable bonds is 5. The van der Waals surface area contributed by atoms with Gasteiger partial charge in [0, 0.05) is 6.54 Å². The van der Waals surface area contributed by atoms with Gasteiger partial charge in [-0.2, -0.15) is 13.2 Å².